The molecule has 1 heterocycles. The average Bonchev–Trinajstić information content (AvgIpc) is 3.19. The Morgan fingerprint density at radius 3 is 2.75 bits per heavy atom. The van der Waals surface area contributed by atoms with Gasteiger partial charge in [0, 0.05) is 29.6 Å². The second-order valence-corrected chi connectivity index (χ2v) is 6.59. The molecule has 5 heteroatoms. The minimum absolute atomic E-state index is 0.00474. The van der Waals surface area contributed by atoms with Crippen LogP contribution in [0.4, 0.5) is 4.39 Å². The van der Waals surface area contributed by atoms with Gasteiger partial charge in [-0.15, -0.1) is 0 Å². The van der Waals surface area contributed by atoms with E-state index in [4.69, 9.17) is 5.73 Å². The van der Waals surface area contributed by atoms with Crippen LogP contribution < -0.4 is 11.1 Å². The molecule has 20 heavy (non-hydrogen) atoms. The summed E-state index contributed by atoms with van der Waals surface area (Å²) < 4.78 is 12.8. The Kier molecular flexibility index (Phi) is 3.05. The third-order valence-electron chi connectivity index (χ3n) is 4.97. The zero-order valence-electron chi connectivity index (χ0n) is 11.8. The summed E-state index contributed by atoms with van der Waals surface area (Å²) >= 11 is 0. The van der Waals surface area contributed by atoms with Gasteiger partial charge in [0.2, 0.25) is 11.9 Å². The fraction of sp³-hybridized carbons (Fsp3) is 0.600. The van der Waals surface area contributed by atoms with Crippen LogP contribution in [-0.2, 0) is 4.79 Å². The van der Waals surface area contributed by atoms with E-state index in [2.05, 4.69) is 24.1 Å². The van der Waals surface area contributed by atoms with Crippen molar-refractivity contribution in [3.05, 3.63) is 29.8 Å². The largest absolute Gasteiger partial charge is 0.352 e. The molecule has 0 aromatic carbocycles. The van der Waals surface area contributed by atoms with Crippen molar-refractivity contribution in [3.8, 4) is 0 Å². The van der Waals surface area contributed by atoms with Crippen molar-refractivity contribution in [1.29, 1.82) is 0 Å². The SMILES string of the molecule is CC1(C)C(N)CC1NC(=O)[C@@H]1C[C@H]1c1ccc(F)nc1. The molecule has 0 spiro atoms. The first-order valence-electron chi connectivity index (χ1n) is 7.07. The minimum atomic E-state index is -0.486. The molecule has 2 saturated carbocycles. The van der Waals surface area contributed by atoms with Gasteiger partial charge in [0.05, 0.1) is 0 Å². The monoisotopic (exact) mass is 277 g/mol. The van der Waals surface area contributed by atoms with Gasteiger partial charge in [0.15, 0.2) is 0 Å². The molecular weight excluding hydrogens is 257 g/mol. The summed E-state index contributed by atoms with van der Waals surface area (Å²) in [5, 5.41) is 3.10. The molecule has 1 aromatic heterocycles. The number of pyridine rings is 1. The summed E-state index contributed by atoms with van der Waals surface area (Å²) in [6, 6.07) is 3.38. The lowest BCUT2D eigenvalue weighted by Gasteiger charge is -2.50. The first-order chi connectivity index (χ1) is 9.39. The highest BCUT2D eigenvalue weighted by atomic mass is 19.1. The van der Waals surface area contributed by atoms with Gasteiger partial charge in [-0.05, 0) is 30.4 Å². The Bertz CT molecular complexity index is 528. The van der Waals surface area contributed by atoms with Crippen molar-refractivity contribution in [3.63, 3.8) is 0 Å². The van der Waals surface area contributed by atoms with Gasteiger partial charge in [-0.2, -0.15) is 4.39 Å². The van der Waals surface area contributed by atoms with E-state index in [0.717, 1.165) is 18.4 Å². The molecule has 1 amide bonds. The van der Waals surface area contributed by atoms with Crippen LogP contribution >= 0.6 is 0 Å². The highest BCUT2D eigenvalue weighted by molar-refractivity contribution is 5.83. The van der Waals surface area contributed by atoms with Crippen molar-refractivity contribution >= 4 is 5.91 Å². The van der Waals surface area contributed by atoms with Gasteiger partial charge in [-0.3, -0.25) is 4.79 Å². The van der Waals surface area contributed by atoms with Crippen LogP contribution in [0.2, 0.25) is 0 Å². The number of aromatic nitrogens is 1. The highest BCUT2D eigenvalue weighted by Gasteiger charge is 2.50. The summed E-state index contributed by atoms with van der Waals surface area (Å²) in [7, 11) is 0. The molecule has 0 bridgehead atoms. The van der Waals surface area contributed by atoms with E-state index in [1.165, 1.54) is 12.3 Å². The molecule has 2 aliphatic carbocycles. The van der Waals surface area contributed by atoms with Crippen LogP contribution in [0.3, 0.4) is 0 Å². The van der Waals surface area contributed by atoms with Gasteiger partial charge in [-0.25, -0.2) is 4.98 Å². The maximum Gasteiger partial charge on any atom is 0.223 e. The first kappa shape index (κ1) is 13.5. The second-order valence-electron chi connectivity index (χ2n) is 6.59. The molecule has 2 unspecified atom stereocenters. The lowest BCUT2D eigenvalue weighted by molar-refractivity contribution is -0.125. The summed E-state index contributed by atoms with van der Waals surface area (Å²) in [6.45, 7) is 4.17. The Labute approximate surface area is 118 Å². The number of nitrogens with zero attached hydrogens (tertiary/aromatic N) is 1. The van der Waals surface area contributed by atoms with Crippen molar-refractivity contribution in [2.75, 3.05) is 0 Å². The predicted molar refractivity (Wildman–Crippen MR) is 73.3 cm³/mol. The number of halogens is 1. The van der Waals surface area contributed by atoms with E-state index >= 15 is 0 Å². The van der Waals surface area contributed by atoms with E-state index in [-0.39, 0.29) is 35.2 Å². The van der Waals surface area contributed by atoms with Gasteiger partial charge in [-0.1, -0.05) is 19.9 Å². The minimum Gasteiger partial charge on any atom is -0.352 e. The number of hydrogen-bond acceptors (Lipinski definition) is 3. The topological polar surface area (TPSA) is 68.0 Å². The Morgan fingerprint density at radius 1 is 1.45 bits per heavy atom. The quantitative estimate of drug-likeness (QED) is 0.824. The molecule has 4 nitrogen and oxygen atoms in total. The van der Waals surface area contributed by atoms with Gasteiger partial charge in [0.25, 0.3) is 0 Å². The molecule has 3 N–H and O–H groups in total. The van der Waals surface area contributed by atoms with E-state index in [0.29, 0.717) is 0 Å². The first-order valence-corrected chi connectivity index (χ1v) is 7.07. The molecule has 2 fully saturated rings. The molecular formula is C15H20FN3O. The average molecular weight is 277 g/mol. The number of nitrogens with two attached hydrogens (primary N) is 1. The van der Waals surface area contributed by atoms with Crippen LogP contribution in [0.5, 0.6) is 0 Å². The molecule has 3 rings (SSSR count). The van der Waals surface area contributed by atoms with E-state index in [1.54, 1.807) is 6.07 Å². The highest BCUT2D eigenvalue weighted by Crippen LogP contribution is 2.48. The maximum atomic E-state index is 12.8. The molecule has 1 aromatic rings. The Morgan fingerprint density at radius 2 is 2.20 bits per heavy atom. The van der Waals surface area contributed by atoms with Crippen LogP contribution in [0.1, 0.15) is 38.2 Å². The zero-order valence-corrected chi connectivity index (χ0v) is 11.8. The van der Waals surface area contributed by atoms with E-state index < -0.39 is 5.95 Å². The fourth-order valence-corrected chi connectivity index (χ4v) is 2.94. The van der Waals surface area contributed by atoms with Crippen molar-refractivity contribution in [2.24, 2.45) is 17.1 Å². The predicted octanol–water partition coefficient (Wildman–Crippen LogP) is 1.57. The number of amides is 1. The van der Waals surface area contributed by atoms with Gasteiger partial charge >= 0.3 is 0 Å². The summed E-state index contributed by atoms with van der Waals surface area (Å²) in [6.07, 6.45) is 3.18. The summed E-state index contributed by atoms with van der Waals surface area (Å²) in [5.74, 6) is -0.222. The molecule has 0 radical (unpaired) electrons. The number of nitrogens with one attached hydrogen (secondary N) is 1. The maximum absolute atomic E-state index is 12.8. The third kappa shape index (κ3) is 2.20. The van der Waals surface area contributed by atoms with Crippen molar-refractivity contribution < 1.29 is 9.18 Å². The zero-order chi connectivity index (χ0) is 14.5. The number of carbonyl (C=O) groups excluding carboxylic acids is 1. The van der Waals surface area contributed by atoms with Crippen molar-refractivity contribution in [1.82, 2.24) is 10.3 Å². The summed E-state index contributed by atoms with van der Waals surface area (Å²) in [4.78, 5) is 15.8. The van der Waals surface area contributed by atoms with Crippen molar-refractivity contribution in [2.45, 2.75) is 44.7 Å². The molecule has 0 saturated heterocycles. The van der Waals surface area contributed by atoms with E-state index in [9.17, 15) is 9.18 Å². The molecule has 108 valence electrons. The van der Waals surface area contributed by atoms with Crippen LogP contribution in [0, 0.1) is 17.3 Å². The van der Waals surface area contributed by atoms with Crippen LogP contribution in [0.25, 0.3) is 0 Å². The van der Waals surface area contributed by atoms with Crippen LogP contribution in [0.15, 0.2) is 18.3 Å². The smallest absolute Gasteiger partial charge is 0.223 e. The van der Waals surface area contributed by atoms with Gasteiger partial charge in [0.1, 0.15) is 0 Å². The molecule has 2 aliphatic rings. The normalized spacial score (nSPS) is 34.2. The van der Waals surface area contributed by atoms with Gasteiger partial charge < -0.3 is 11.1 Å². The lowest BCUT2D eigenvalue weighted by atomic mass is 9.63. The lowest BCUT2D eigenvalue weighted by Crippen LogP contribution is -2.64. The number of carbonyl (C=O) groups is 1. The number of hydrogen-bond donors (Lipinski definition) is 2. The Balaban J connectivity index is 1.57. The summed E-state index contributed by atoms with van der Waals surface area (Å²) in [5.41, 5.74) is 6.86. The molecule has 4 atom stereocenters. The standard InChI is InChI=1S/C15H20FN3O/c1-15(2)11(17)6-12(15)19-14(20)10-5-9(10)8-3-4-13(16)18-7-8/h3-4,7,9-12H,5-6,17H2,1-2H3,(H,19,20)/t9-,10+,11?,12?/m0/s1. The van der Waals surface area contributed by atoms with Crippen LogP contribution in [-0.4, -0.2) is 23.0 Å². The fourth-order valence-electron chi connectivity index (χ4n) is 2.94. The third-order valence-corrected chi connectivity index (χ3v) is 4.97. The number of rotatable bonds is 3. The molecule has 0 aliphatic heterocycles. The second kappa shape index (κ2) is 4.52. The Hall–Kier alpha value is -1.49. The van der Waals surface area contributed by atoms with E-state index in [1.807, 2.05) is 0 Å².